The standard InChI is InChI=1S/C22H18N2O4/c1-13-20(22(26)27-2)18-11-17(9-10-19(18)24(13)16-7-8-16)28-21(25)15-5-3-14(12-23)4-6-15/h3-6,9-11,16H,7-8H2,1-2H3. The summed E-state index contributed by atoms with van der Waals surface area (Å²) in [6.45, 7) is 1.91. The van der Waals surface area contributed by atoms with Crippen LogP contribution in [0, 0.1) is 18.3 Å². The molecule has 0 N–H and O–H groups in total. The number of hydrogen-bond donors (Lipinski definition) is 0. The van der Waals surface area contributed by atoms with Gasteiger partial charge in [0.2, 0.25) is 0 Å². The van der Waals surface area contributed by atoms with E-state index in [0.717, 1.165) is 24.1 Å². The summed E-state index contributed by atoms with van der Waals surface area (Å²) in [6, 6.07) is 13.9. The Hall–Kier alpha value is -3.59. The third-order valence-electron chi connectivity index (χ3n) is 4.98. The molecule has 6 heteroatoms. The maximum Gasteiger partial charge on any atom is 0.343 e. The average Bonchev–Trinajstić information content (AvgIpc) is 3.50. The topological polar surface area (TPSA) is 81.3 Å². The van der Waals surface area contributed by atoms with Gasteiger partial charge in [0.05, 0.1) is 29.9 Å². The summed E-state index contributed by atoms with van der Waals surface area (Å²) >= 11 is 0. The minimum Gasteiger partial charge on any atom is -0.465 e. The molecule has 140 valence electrons. The molecule has 2 aromatic carbocycles. The van der Waals surface area contributed by atoms with E-state index in [2.05, 4.69) is 4.57 Å². The van der Waals surface area contributed by atoms with Gasteiger partial charge in [-0.25, -0.2) is 9.59 Å². The Morgan fingerprint density at radius 2 is 1.82 bits per heavy atom. The zero-order valence-electron chi connectivity index (χ0n) is 15.6. The second-order valence-electron chi connectivity index (χ2n) is 6.81. The zero-order valence-corrected chi connectivity index (χ0v) is 15.6. The normalized spacial score (nSPS) is 13.2. The number of nitrogens with zero attached hydrogens (tertiary/aromatic N) is 2. The molecule has 0 bridgehead atoms. The number of benzene rings is 2. The Morgan fingerprint density at radius 3 is 2.43 bits per heavy atom. The van der Waals surface area contributed by atoms with Gasteiger partial charge >= 0.3 is 11.9 Å². The first-order valence-corrected chi connectivity index (χ1v) is 8.98. The van der Waals surface area contributed by atoms with Crippen molar-refractivity contribution in [1.82, 2.24) is 4.57 Å². The number of hydrogen-bond acceptors (Lipinski definition) is 5. The summed E-state index contributed by atoms with van der Waals surface area (Å²) in [6.07, 6.45) is 2.17. The van der Waals surface area contributed by atoms with Crippen LogP contribution < -0.4 is 4.74 Å². The van der Waals surface area contributed by atoms with Crippen molar-refractivity contribution < 1.29 is 19.1 Å². The maximum absolute atomic E-state index is 12.4. The molecule has 0 amide bonds. The molecule has 1 aliphatic carbocycles. The molecule has 0 radical (unpaired) electrons. The van der Waals surface area contributed by atoms with E-state index in [1.807, 2.05) is 19.1 Å². The van der Waals surface area contributed by atoms with Crippen LogP contribution in [0.5, 0.6) is 5.75 Å². The lowest BCUT2D eigenvalue weighted by molar-refractivity contribution is 0.0601. The van der Waals surface area contributed by atoms with Crippen molar-refractivity contribution in [3.8, 4) is 11.8 Å². The van der Waals surface area contributed by atoms with Crippen molar-refractivity contribution in [3.63, 3.8) is 0 Å². The number of fused-ring (bicyclic) bond motifs is 1. The number of aromatic nitrogens is 1. The Bertz CT molecular complexity index is 1130. The first-order valence-electron chi connectivity index (χ1n) is 8.98. The van der Waals surface area contributed by atoms with E-state index in [-0.39, 0.29) is 0 Å². The second kappa shape index (κ2) is 6.86. The van der Waals surface area contributed by atoms with E-state index >= 15 is 0 Å². The van der Waals surface area contributed by atoms with Gasteiger partial charge in [-0.3, -0.25) is 0 Å². The first kappa shape index (κ1) is 17.8. The summed E-state index contributed by atoms with van der Waals surface area (Å²) < 4.78 is 12.6. The number of rotatable bonds is 4. The number of methoxy groups -OCH3 is 1. The Balaban J connectivity index is 1.71. The van der Waals surface area contributed by atoms with Crippen LogP contribution in [-0.4, -0.2) is 23.6 Å². The van der Waals surface area contributed by atoms with Gasteiger partial charge in [0.15, 0.2) is 0 Å². The quantitative estimate of drug-likeness (QED) is 0.506. The van der Waals surface area contributed by atoms with Crippen molar-refractivity contribution >= 4 is 22.8 Å². The van der Waals surface area contributed by atoms with Gasteiger partial charge in [-0.05, 0) is 62.2 Å². The molecule has 1 aromatic heterocycles. The monoisotopic (exact) mass is 374 g/mol. The summed E-state index contributed by atoms with van der Waals surface area (Å²) in [7, 11) is 1.36. The van der Waals surface area contributed by atoms with E-state index < -0.39 is 11.9 Å². The Kier molecular flexibility index (Phi) is 4.36. The van der Waals surface area contributed by atoms with Crippen LogP contribution in [0.15, 0.2) is 42.5 Å². The molecular formula is C22H18N2O4. The van der Waals surface area contributed by atoms with Crippen molar-refractivity contribution in [3.05, 3.63) is 64.8 Å². The van der Waals surface area contributed by atoms with Crippen LogP contribution >= 0.6 is 0 Å². The number of esters is 2. The van der Waals surface area contributed by atoms with Gasteiger partial charge in [-0.1, -0.05) is 0 Å². The summed E-state index contributed by atoms with van der Waals surface area (Å²) in [4.78, 5) is 24.8. The van der Waals surface area contributed by atoms with Crippen LogP contribution in [0.2, 0.25) is 0 Å². The Labute approximate surface area is 161 Å². The second-order valence-corrected chi connectivity index (χ2v) is 6.81. The molecule has 1 saturated carbocycles. The van der Waals surface area contributed by atoms with Crippen molar-refractivity contribution in [2.45, 2.75) is 25.8 Å². The minimum absolute atomic E-state index is 0.346. The third kappa shape index (κ3) is 3.01. The highest BCUT2D eigenvalue weighted by atomic mass is 16.5. The lowest BCUT2D eigenvalue weighted by atomic mass is 10.1. The maximum atomic E-state index is 12.4. The summed E-state index contributed by atoms with van der Waals surface area (Å²) in [5, 5.41) is 9.57. The molecule has 0 aliphatic heterocycles. The van der Waals surface area contributed by atoms with E-state index in [9.17, 15) is 9.59 Å². The van der Waals surface area contributed by atoms with Gasteiger partial charge < -0.3 is 14.0 Å². The average molecular weight is 374 g/mol. The molecule has 1 heterocycles. The van der Waals surface area contributed by atoms with Gasteiger partial charge in [0.1, 0.15) is 5.75 Å². The van der Waals surface area contributed by atoms with Gasteiger partial charge in [-0.2, -0.15) is 5.26 Å². The molecule has 0 atom stereocenters. The predicted octanol–water partition coefficient (Wildman–Crippen LogP) is 4.16. The van der Waals surface area contributed by atoms with Crippen LogP contribution in [0.1, 0.15) is 50.9 Å². The number of nitriles is 1. The van der Waals surface area contributed by atoms with E-state index in [1.54, 1.807) is 36.4 Å². The zero-order chi connectivity index (χ0) is 19.8. The first-order chi connectivity index (χ1) is 13.5. The number of carbonyl (C=O) groups is 2. The van der Waals surface area contributed by atoms with Crippen LogP contribution in [-0.2, 0) is 4.74 Å². The fourth-order valence-electron chi connectivity index (χ4n) is 3.49. The fourth-order valence-corrected chi connectivity index (χ4v) is 3.49. The van der Waals surface area contributed by atoms with Crippen molar-refractivity contribution in [1.29, 1.82) is 5.26 Å². The molecule has 4 rings (SSSR count). The van der Waals surface area contributed by atoms with Crippen LogP contribution in [0.3, 0.4) is 0 Å². The van der Waals surface area contributed by atoms with E-state index in [0.29, 0.717) is 33.9 Å². The fraction of sp³-hybridized carbons (Fsp3) is 0.227. The van der Waals surface area contributed by atoms with Crippen LogP contribution in [0.25, 0.3) is 10.9 Å². The molecule has 0 spiro atoms. The van der Waals surface area contributed by atoms with Crippen LogP contribution in [0.4, 0.5) is 0 Å². The molecule has 28 heavy (non-hydrogen) atoms. The highest BCUT2D eigenvalue weighted by molar-refractivity contribution is 6.06. The predicted molar refractivity (Wildman–Crippen MR) is 102 cm³/mol. The molecule has 1 fully saturated rings. The Morgan fingerprint density at radius 1 is 1.11 bits per heavy atom. The van der Waals surface area contributed by atoms with Gasteiger partial charge in [0, 0.05) is 22.6 Å². The van der Waals surface area contributed by atoms with Gasteiger partial charge in [0.25, 0.3) is 0 Å². The molecular weight excluding hydrogens is 356 g/mol. The summed E-state index contributed by atoms with van der Waals surface area (Å²) in [5.41, 5.74) is 3.11. The number of ether oxygens (including phenoxy) is 2. The molecule has 1 aliphatic rings. The lowest BCUT2D eigenvalue weighted by Gasteiger charge is -2.07. The number of carbonyl (C=O) groups excluding carboxylic acids is 2. The van der Waals surface area contributed by atoms with Crippen molar-refractivity contribution in [2.24, 2.45) is 0 Å². The van der Waals surface area contributed by atoms with E-state index in [4.69, 9.17) is 14.7 Å². The molecule has 6 nitrogen and oxygen atoms in total. The smallest absolute Gasteiger partial charge is 0.343 e. The van der Waals surface area contributed by atoms with Gasteiger partial charge in [-0.15, -0.1) is 0 Å². The van der Waals surface area contributed by atoms with E-state index in [1.165, 1.54) is 7.11 Å². The lowest BCUT2D eigenvalue weighted by Crippen LogP contribution is -2.08. The van der Waals surface area contributed by atoms with Crippen molar-refractivity contribution in [2.75, 3.05) is 7.11 Å². The molecule has 0 unspecified atom stereocenters. The molecule has 3 aromatic rings. The highest BCUT2D eigenvalue weighted by Crippen LogP contribution is 2.42. The third-order valence-corrected chi connectivity index (χ3v) is 4.98. The minimum atomic E-state index is -0.526. The SMILES string of the molecule is COC(=O)c1c(C)n(C2CC2)c2ccc(OC(=O)c3ccc(C#N)cc3)cc12. The highest BCUT2D eigenvalue weighted by Gasteiger charge is 2.30. The summed E-state index contributed by atoms with van der Waals surface area (Å²) in [5.74, 6) is -0.584. The largest absolute Gasteiger partial charge is 0.465 e. The molecule has 0 saturated heterocycles.